The first-order valence-corrected chi connectivity index (χ1v) is 6.70. The molecule has 0 spiro atoms. The minimum atomic E-state index is -0.218. The van der Waals surface area contributed by atoms with Crippen molar-refractivity contribution < 1.29 is 9.32 Å². The van der Waals surface area contributed by atoms with Gasteiger partial charge in [-0.25, -0.2) is 0 Å². The standard InChI is InChI=1S/C14H15BrN2O2/c1-14(2,3)11-8-12(19-17-11)16-13(18)9-4-6-10(15)7-5-9/h4-8H,1-3H3,(H,16,18). The smallest absolute Gasteiger partial charge is 0.258 e. The third-order valence-electron chi connectivity index (χ3n) is 2.62. The average molecular weight is 323 g/mol. The maximum Gasteiger partial charge on any atom is 0.258 e. The zero-order chi connectivity index (χ0) is 14.0. The van der Waals surface area contributed by atoms with Crippen molar-refractivity contribution in [1.82, 2.24) is 5.16 Å². The van der Waals surface area contributed by atoms with Gasteiger partial charge < -0.3 is 4.52 Å². The lowest BCUT2D eigenvalue weighted by Gasteiger charge is -2.12. The van der Waals surface area contributed by atoms with E-state index in [-0.39, 0.29) is 11.3 Å². The van der Waals surface area contributed by atoms with Gasteiger partial charge in [0, 0.05) is 21.5 Å². The summed E-state index contributed by atoms with van der Waals surface area (Å²) in [6.45, 7) is 6.10. The third kappa shape index (κ3) is 3.44. The number of hydrogen-bond acceptors (Lipinski definition) is 3. The van der Waals surface area contributed by atoms with E-state index in [0.29, 0.717) is 11.4 Å². The van der Waals surface area contributed by atoms with Crippen LogP contribution in [0.2, 0.25) is 0 Å². The summed E-state index contributed by atoms with van der Waals surface area (Å²) < 4.78 is 6.05. The van der Waals surface area contributed by atoms with Gasteiger partial charge in [-0.05, 0) is 24.3 Å². The number of aromatic nitrogens is 1. The molecule has 1 N–H and O–H groups in total. The highest BCUT2D eigenvalue weighted by Gasteiger charge is 2.19. The van der Waals surface area contributed by atoms with Crippen molar-refractivity contribution in [2.24, 2.45) is 0 Å². The lowest BCUT2D eigenvalue weighted by atomic mass is 9.92. The maximum atomic E-state index is 12.0. The van der Waals surface area contributed by atoms with Crippen LogP contribution in [0.5, 0.6) is 0 Å². The zero-order valence-corrected chi connectivity index (χ0v) is 12.6. The van der Waals surface area contributed by atoms with Crippen molar-refractivity contribution in [1.29, 1.82) is 0 Å². The lowest BCUT2D eigenvalue weighted by molar-refractivity contribution is 0.102. The van der Waals surface area contributed by atoms with Gasteiger partial charge in [-0.15, -0.1) is 0 Å². The number of anilines is 1. The van der Waals surface area contributed by atoms with Crippen LogP contribution in [-0.2, 0) is 5.41 Å². The average Bonchev–Trinajstić information content (AvgIpc) is 2.78. The van der Waals surface area contributed by atoms with Gasteiger partial charge in [0.25, 0.3) is 5.91 Å². The molecule has 0 fully saturated rings. The topological polar surface area (TPSA) is 55.1 Å². The second kappa shape index (κ2) is 5.17. The Bertz CT molecular complexity index is 582. The van der Waals surface area contributed by atoms with Crippen molar-refractivity contribution in [3.8, 4) is 0 Å². The molecule has 0 atom stereocenters. The molecule has 0 aliphatic heterocycles. The number of amides is 1. The van der Waals surface area contributed by atoms with Crippen LogP contribution in [0.15, 0.2) is 39.3 Å². The summed E-state index contributed by atoms with van der Waals surface area (Å²) in [5, 5.41) is 6.64. The van der Waals surface area contributed by atoms with Crippen molar-refractivity contribution >= 4 is 27.7 Å². The van der Waals surface area contributed by atoms with Crippen molar-refractivity contribution in [3.05, 3.63) is 46.1 Å². The molecule has 0 unspecified atom stereocenters. The SMILES string of the molecule is CC(C)(C)c1cc(NC(=O)c2ccc(Br)cc2)on1. The van der Waals surface area contributed by atoms with E-state index >= 15 is 0 Å². The molecule has 0 radical (unpaired) electrons. The number of nitrogens with one attached hydrogen (secondary N) is 1. The third-order valence-corrected chi connectivity index (χ3v) is 3.15. The second-order valence-corrected chi connectivity index (χ2v) is 6.20. The molecule has 1 aromatic carbocycles. The number of carbonyl (C=O) groups excluding carboxylic acids is 1. The predicted octanol–water partition coefficient (Wildman–Crippen LogP) is 3.99. The van der Waals surface area contributed by atoms with Gasteiger partial charge in [-0.3, -0.25) is 10.1 Å². The summed E-state index contributed by atoms with van der Waals surface area (Å²) in [7, 11) is 0. The van der Waals surface area contributed by atoms with E-state index in [2.05, 4.69) is 26.4 Å². The first-order valence-electron chi connectivity index (χ1n) is 5.90. The van der Waals surface area contributed by atoms with Crippen LogP contribution in [0.3, 0.4) is 0 Å². The summed E-state index contributed by atoms with van der Waals surface area (Å²) in [5.41, 5.74) is 1.26. The van der Waals surface area contributed by atoms with Crippen LogP contribution in [0.25, 0.3) is 0 Å². The summed E-state index contributed by atoms with van der Waals surface area (Å²) in [5.74, 6) is 0.141. The number of halogens is 1. The Balaban J connectivity index is 2.11. The molecule has 0 saturated heterocycles. The van der Waals surface area contributed by atoms with Gasteiger partial charge >= 0.3 is 0 Å². The van der Waals surface area contributed by atoms with Crippen LogP contribution in [0.1, 0.15) is 36.8 Å². The van der Waals surface area contributed by atoms with Crippen molar-refractivity contribution in [2.45, 2.75) is 26.2 Å². The summed E-state index contributed by atoms with van der Waals surface area (Å²) >= 11 is 3.33. The van der Waals surface area contributed by atoms with E-state index in [1.807, 2.05) is 32.9 Å². The Morgan fingerprint density at radius 3 is 2.42 bits per heavy atom. The van der Waals surface area contributed by atoms with E-state index in [9.17, 15) is 4.79 Å². The Hall–Kier alpha value is -1.62. The minimum Gasteiger partial charge on any atom is -0.338 e. The fourth-order valence-electron chi connectivity index (χ4n) is 1.47. The molecule has 4 nitrogen and oxygen atoms in total. The number of hydrogen-bond donors (Lipinski definition) is 1. The first-order chi connectivity index (χ1) is 8.86. The Kier molecular flexibility index (Phi) is 3.75. The monoisotopic (exact) mass is 322 g/mol. The van der Waals surface area contributed by atoms with Crippen LogP contribution in [0, 0.1) is 0 Å². The molecule has 1 heterocycles. The molecule has 0 aliphatic rings. The molecular weight excluding hydrogens is 308 g/mol. The predicted molar refractivity (Wildman–Crippen MR) is 77.3 cm³/mol. The second-order valence-electron chi connectivity index (χ2n) is 5.29. The fraction of sp³-hybridized carbons (Fsp3) is 0.286. The number of nitrogens with zero attached hydrogens (tertiary/aromatic N) is 1. The Labute approximate surface area is 120 Å². The van der Waals surface area contributed by atoms with Crippen molar-refractivity contribution in [2.75, 3.05) is 5.32 Å². The Morgan fingerprint density at radius 1 is 1.26 bits per heavy atom. The lowest BCUT2D eigenvalue weighted by Crippen LogP contribution is -2.12. The van der Waals surface area contributed by atoms with Gasteiger partial charge in [0.1, 0.15) is 0 Å². The van der Waals surface area contributed by atoms with Crippen LogP contribution in [-0.4, -0.2) is 11.1 Å². The number of carbonyl (C=O) groups is 1. The van der Waals surface area contributed by atoms with Gasteiger partial charge in [-0.2, -0.15) is 0 Å². The van der Waals surface area contributed by atoms with E-state index in [1.54, 1.807) is 18.2 Å². The van der Waals surface area contributed by atoms with Crippen LogP contribution in [0.4, 0.5) is 5.88 Å². The molecule has 2 rings (SSSR count). The highest BCUT2D eigenvalue weighted by atomic mass is 79.9. The van der Waals surface area contributed by atoms with Gasteiger partial charge in [0.2, 0.25) is 5.88 Å². The molecule has 100 valence electrons. The quantitative estimate of drug-likeness (QED) is 0.909. The molecular formula is C14H15BrN2O2. The molecule has 2 aromatic rings. The van der Waals surface area contributed by atoms with Gasteiger partial charge in [-0.1, -0.05) is 41.9 Å². The maximum absolute atomic E-state index is 12.0. The molecule has 1 amide bonds. The molecule has 1 aromatic heterocycles. The fourth-order valence-corrected chi connectivity index (χ4v) is 1.74. The van der Waals surface area contributed by atoms with Crippen LogP contribution < -0.4 is 5.32 Å². The molecule has 5 heteroatoms. The van der Waals surface area contributed by atoms with Crippen molar-refractivity contribution in [3.63, 3.8) is 0 Å². The molecule has 0 bridgehead atoms. The van der Waals surface area contributed by atoms with Gasteiger partial charge in [0.05, 0.1) is 5.69 Å². The summed E-state index contributed by atoms with van der Waals surface area (Å²) in [6, 6.07) is 8.85. The highest BCUT2D eigenvalue weighted by molar-refractivity contribution is 9.10. The largest absolute Gasteiger partial charge is 0.338 e. The summed E-state index contributed by atoms with van der Waals surface area (Å²) in [6.07, 6.45) is 0. The van der Waals surface area contributed by atoms with Gasteiger partial charge in [0.15, 0.2) is 0 Å². The highest BCUT2D eigenvalue weighted by Crippen LogP contribution is 2.24. The Morgan fingerprint density at radius 2 is 1.89 bits per heavy atom. The van der Waals surface area contributed by atoms with E-state index < -0.39 is 0 Å². The number of benzene rings is 1. The number of rotatable bonds is 2. The molecule has 0 aliphatic carbocycles. The normalized spacial score (nSPS) is 11.4. The summed E-state index contributed by atoms with van der Waals surface area (Å²) in [4.78, 5) is 12.0. The van der Waals surface area contributed by atoms with Crippen LogP contribution >= 0.6 is 15.9 Å². The molecule has 0 saturated carbocycles. The first kappa shape index (κ1) is 13.8. The zero-order valence-electron chi connectivity index (χ0n) is 11.0. The van der Waals surface area contributed by atoms with E-state index in [0.717, 1.165) is 10.2 Å². The minimum absolute atomic E-state index is 0.107. The van der Waals surface area contributed by atoms with E-state index in [1.165, 1.54) is 0 Å². The van der Waals surface area contributed by atoms with E-state index in [4.69, 9.17) is 4.52 Å². The molecule has 19 heavy (non-hydrogen) atoms.